The van der Waals surface area contributed by atoms with Gasteiger partial charge in [0, 0.05) is 57.7 Å². The molecule has 0 bridgehead atoms. The highest BCUT2D eigenvalue weighted by molar-refractivity contribution is 5.93. The van der Waals surface area contributed by atoms with Crippen LogP contribution in [-0.2, 0) is 25.4 Å². The molecule has 2 aromatic carbocycles. The van der Waals surface area contributed by atoms with Crippen LogP contribution in [0.3, 0.4) is 0 Å². The van der Waals surface area contributed by atoms with Gasteiger partial charge in [0.25, 0.3) is 5.56 Å². The number of amides is 1. The molecule has 0 unspecified atom stereocenters. The van der Waals surface area contributed by atoms with Crippen LogP contribution < -0.4 is 20.9 Å². The number of nitrogens with zero attached hydrogens (tertiary/aromatic N) is 5. The molecule has 9 nitrogen and oxygen atoms in total. The number of hydrogen-bond acceptors (Lipinski definition) is 5. The number of benzene rings is 2. The number of rotatable bonds is 5. The van der Waals surface area contributed by atoms with E-state index in [0.717, 1.165) is 27.1 Å². The highest BCUT2D eigenvalue weighted by atomic mass is 16.5. The molecule has 0 spiro atoms. The summed E-state index contributed by atoms with van der Waals surface area (Å²) in [6.45, 7) is 2.35. The van der Waals surface area contributed by atoms with Crippen LogP contribution in [0.2, 0.25) is 0 Å². The third-order valence-electron chi connectivity index (χ3n) is 6.90. The van der Waals surface area contributed by atoms with Crippen molar-refractivity contribution in [2.24, 2.45) is 14.1 Å². The zero-order valence-electron chi connectivity index (χ0n) is 20.7. The van der Waals surface area contributed by atoms with Crippen molar-refractivity contribution >= 4 is 22.6 Å². The summed E-state index contributed by atoms with van der Waals surface area (Å²) in [5, 5.41) is 0. The summed E-state index contributed by atoms with van der Waals surface area (Å²) in [4.78, 5) is 43.6. The van der Waals surface area contributed by atoms with E-state index in [4.69, 9.17) is 4.74 Å². The number of anilines is 1. The minimum Gasteiger partial charge on any atom is -0.497 e. The topological polar surface area (TPSA) is 81.7 Å². The summed E-state index contributed by atoms with van der Waals surface area (Å²) in [7, 11) is 4.88. The minimum absolute atomic E-state index is 0.129. The number of aryl methyl sites for hydroxylation is 1. The van der Waals surface area contributed by atoms with E-state index in [-0.39, 0.29) is 18.0 Å². The van der Waals surface area contributed by atoms with Crippen molar-refractivity contribution in [1.29, 1.82) is 0 Å². The quantitative estimate of drug-likeness (QED) is 0.431. The van der Waals surface area contributed by atoms with Gasteiger partial charge in [-0.15, -0.1) is 0 Å². The second-order valence-corrected chi connectivity index (χ2v) is 9.02. The van der Waals surface area contributed by atoms with Crippen LogP contribution in [0.1, 0.15) is 0 Å². The van der Waals surface area contributed by atoms with Gasteiger partial charge in [0.05, 0.1) is 12.6 Å². The first-order valence-electron chi connectivity index (χ1n) is 11.9. The van der Waals surface area contributed by atoms with Crippen molar-refractivity contribution in [2.75, 3.05) is 38.2 Å². The third-order valence-corrected chi connectivity index (χ3v) is 6.90. The van der Waals surface area contributed by atoms with Crippen LogP contribution >= 0.6 is 0 Å². The lowest BCUT2D eigenvalue weighted by atomic mass is 10.1. The summed E-state index contributed by atoms with van der Waals surface area (Å²) in [6, 6.07) is 17.5. The SMILES string of the molecule is COc1ccc(N2CCN(C(=O)Cn3c(=O)n(C)c(=O)c4c3c(-c3ccccc3)cn4C)CC2)cc1. The van der Waals surface area contributed by atoms with Crippen molar-refractivity contribution < 1.29 is 9.53 Å². The highest BCUT2D eigenvalue weighted by Crippen LogP contribution is 2.28. The smallest absolute Gasteiger partial charge is 0.331 e. The number of aromatic nitrogens is 3. The number of carbonyl (C=O) groups excluding carboxylic acids is 1. The summed E-state index contributed by atoms with van der Waals surface area (Å²) in [6.07, 6.45) is 1.84. The van der Waals surface area contributed by atoms with Crippen molar-refractivity contribution in [3.05, 3.63) is 81.6 Å². The van der Waals surface area contributed by atoms with Crippen LogP contribution in [0.15, 0.2) is 70.4 Å². The Morgan fingerprint density at radius 3 is 2.19 bits per heavy atom. The van der Waals surface area contributed by atoms with Crippen LogP contribution in [0.4, 0.5) is 5.69 Å². The van der Waals surface area contributed by atoms with Gasteiger partial charge in [0.1, 0.15) is 17.8 Å². The maximum absolute atomic E-state index is 13.4. The fourth-order valence-electron chi connectivity index (χ4n) is 4.88. The van der Waals surface area contributed by atoms with Crippen LogP contribution in [0, 0.1) is 0 Å². The van der Waals surface area contributed by atoms with Gasteiger partial charge in [-0.05, 0) is 29.8 Å². The Morgan fingerprint density at radius 2 is 1.56 bits per heavy atom. The molecule has 0 atom stereocenters. The number of methoxy groups -OCH3 is 1. The van der Waals surface area contributed by atoms with Gasteiger partial charge < -0.3 is 19.1 Å². The monoisotopic (exact) mass is 487 g/mol. The van der Waals surface area contributed by atoms with E-state index in [1.807, 2.05) is 60.8 Å². The van der Waals surface area contributed by atoms with Crippen molar-refractivity contribution in [3.63, 3.8) is 0 Å². The average Bonchev–Trinajstić information content (AvgIpc) is 3.27. The predicted octanol–water partition coefficient (Wildman–Crippen LogP) is 2.06. The molecule has 0 aliphatic carbocycles. The lowest BCUT2D eigenvalue weighted by molar-refractivity contribution is -0.132. The maximum atomic E-state index is 13.4. The third kappa shape index (κ3) is 4.06. The molecule has 3 heterocycles. The molecule has 1 aliphatic heterocycles. The fourth-order valence-corrected chi connectivity index (χ4v) is 4.88. The summed E-state index contributed by atoms with van der Waals surface area (Å²) < 4.78 is 9.48. The molecule has 5 rings (SSSR count). The Balaban J connectivity index is 1.43. The lowest BCUT2D eigenvalue weighted by Gasteiger charge is -2.36. The molecule has 36 heavy (non-hydrogen) atoms. The van der Waals surface area contributed by atoms with E-state index in [0.29, 0.717) is 37.2 Å². The Hall–Kier alpha value is -4.27. The molecule has 0 saturated carbocycles. The van der Waals surface area contributed by atoms with Gasteiger partial charge in [0.2, 0.25) is 5.91 Å². The summed E-state index contributed by atoms with van der Waals surface area (Å²) >= 11 is 0. The first-order chi connectivity index (χ1) is 17.4. The number of carbonyl (C=O) groups is 1. The number of fused-ring (bicyclic) bond motifs is 1. The van der Waals surface area contributed by atoms with E-state index in [9.17, 15) is 14.4 Å². The summed E-state index contributed by atoms with van der Waals surface area (Å²) in [5.74, 6) is 0.659. The normalized spacial score (nSPS) is 13.9. The van der Waals surface area contributed by atoms with E-state index >= 15 is 0 Å². The molecule has 1 fully saturated rings. The Morgan fingerprint density at radius 1 is 0.889 bits per heavy atom. The van der Waals surface area contributed by atoms with Crippen molar-refractivity contribution in [2.45, 2.75) is 6.54 Å². The molecule has 186 valence electrons. The molecule has 9 heteroatoms. The van der Waals surface area contributed by atoms with Gasteiger partial charge in [0.15, 0.2) is 0 Å². The molecule has 4 aromatic rings. The molecular weight excluding hydrogens is 458 g/mol. The standard InChI is InChI=1S/C27H29N5O4/c1-28-17-22(19-7-5-4-6-8-19)24-25(28)26(34)29(2)27(35)32(24)18-23(33)31-15-13-30(14-16-31)20-9-11-21(36-3)12-10-20/h4-12,17H,13-16,18H2,1-3H3. The fraction of sp³-hybridized carbons (Fsp3) is 0.296. The van der Waals surface area contributed by atoms with Crippen molar-refractivity contribution in [3.8, 4) is 16.9 Å². The summed E-state index contributed by atoms with van der Waals surface area (Å²) in [5.41, 5.74) is 2.72. The molecule has 2 aromatic heterocycles. The Bertz CT molecular complexity index is 1530. The molecule has 1 saturated heterocycles. The van der Waals surface area contributed by atoms with E-state index in [1.165, 1.54) is 11.6 Å². The van der Waals surface area contributed by atoms with Crippen LogP contribution in [0.25, 0.3) is 22.2 Å². The lowest BCUT2D eigenvalue weighted by Crippen LogP contribution is -2.50. The largest absolute Gasteiger partial charge is 0.497 e. The Kier molecular flexibility index (Phi) is 6.13. The number of hydrogen-bond donors (Lipinski definition) is 0. The Labute approximate surface area is 208 Å². The van der Waals surface area contributed by atoms with E-state index < -0.39 is 5.69 Å². The number of piperazine rings is 1. The maximum Gasteiger partial charge on any atom is 0.331 e. The molecular formula is C27H29N5O4. The van der Waals surface area contributed by atoms with Gasteiger partial charge >= 0.3 is 5.69 Å². The van der Waals surface area contributed by atoms with Crippen LogP contribution in [-0.4, -0.2) is 57.8 Å². The second-order valence-electron chi connectivity index (χ2n) is 9.02. The van der Waals surface area contributed by atoms with E-state index in [2.05, 4.69) is 4.90 Å². The predicted molar refractivity (Wildman–Crippen MR) is 140 cm³/mol. The van der Waals surface area contributed by atoms with E-state index in [1.54, 1.807) is 23.6 Å². The minimum atomic E-state index is -0.499. The molecule has 1 amide bonds. The van der Waals surface area contributed by atoms with Gasteiger partial charge in [-0.2, -0.15) is 0 Å². The first kappa shape index (κ1) is 23.5. The first-order valence-corrected chi connectivity index (χ1v) is 11.9. The average molecular weight is 488 g/mol. The van der Waals surface area contributed by atoms with Gasteiger partial charge in [-0.3, -0.25) is 18.7 Å². The van der Waals surface area contributed by atoms with Crippen molar-refractivity contribution in [1.82, 2.24) is 18.6 Å². The van der Waals surface area contributed by atoms with Gasteiger partial charge in [-0.1, -0.05) is 30.3 Å². The zero-order valence-corrected chi connectivity index (χ0v) is 20.7. The van der Waals surface area contributed by atoms with Crippen LogP contribution in [0.5, 0.6) is 5.75 Å². The molecule has 1 aliphatic rings. The van der Waals surface area contributed by atoms with Gasteiger partial charge in [-0.25, -0.2) is 4.79 Å². The molecule has 0 N–H and O–H groups in total. The molecule has 0 radical (unpaired) electrons. The second kappa shape index (κ2) is 9.41. The zero-order chi connectivity index (χ0) is 25.4. The highest BCUT2D eigenvalue weighted by Gasteiger charge is 2.25. The number of ether oxygens (including phenoxy) is 1.